The van der Waals surface area contributed by atoms with Gasteiger partial charge in [-0.2, -0.15) is 0 Å². The minimum Gasteiger partial charge on any atom is -0.489 e. The maximum Gasteiger partial charge on any atom is 0.145 e. The van der Waals surface area contributed by atoms with Crippen LogP contribution in [0.5, 0.6) is 5.75 Å². The summed E-state index contributed by atoms with van der Waals surface area (Å²) in [7, 11) is 0. The lowest BCUT2D eigenvalue weighted by molar-refractivity contribution is 0.304. The largest absolute Gasteiger partial charge is 0.489 e. The molecule has 0 saturated carbocycles. The van der Waals surface area contributed by atoms with Crippen LogP contribution in [0.25, 0.3) is 0 Å². The second-order valence-electron chi connectivity index (χ2n) is 3.76. The summed E-state index contributed by atoms with van der Waals surface area (Å²) in [6, 6.07) is 8.22. The van der Waals surface area contributed by atoms with Crippen LogP contribution in [0, 0.1) is 11.6 Å². The van der Waals surface area contributed by atoms with Crippen LogP contribution < -0.4 is 10.5 Å². The predicted molar refractivity (Wildman–Crippen MR) is 66.6 cm³/mol. The first-order chi connectivity index (χ1) is 8.54. The fraction of sp³-hybridized carbons (Fsp3) is 0.0769. The third-order valence-electron chi connectivity index (χ3n) is 2.28. The lowest BCUT2D eigenvalue weighted by atomic mass is 10.2. The van der Waals surface area contributed by atoms with E-state index in [1.165, 1.54) is 30.3 Å². The first-order valence-electron chi connectivity index (χ1n) is 5.17. The number of hydrogen-bond acceptors (Lipinski definition) is 2. The molecule has 0 unspecified atom stereocenters. The minimum atomic E-state index is -0.562. The first-order valence-corrected chi connectivity index (χ1v) is 5.55. The smallest absolute Gasteiger partial charge is 0.145 e. The van der Waals surface area contributed by atoms with E-state index in [1.54, 1.807) is 6.07 Å². The molecular formula is C13H10ClF2NO. The molecule has 0 aliphatic rings. The van der Waals surface area contributed by atoms with Crippen LogP contribution in [-0.2, 0) is 6.61 Å². The number of nitrogen functional groups attached to an aromatic ring is 1. The van der Waals surface area contributed by atoms with Crippen molar-refractivity contribution in [1.82, 2.24) is 0 Å². The summed E-state index contributed by atoms with van der Waals surface area (Å²) >= 11 is 5.54. The summed E-state index contributed by atoms with van der Waals surface area (Å²) in [6.45, 7) is 0.100. The van der Waals surface area contributed by atoms with Crippen LogP contribution in [0.4, 0.5) is 14.5 Å². The van der Waals surface area contributed by atoms with E-state index >= 15 is 0 Å². The third kappa shape index (κ3) is 3.11. The van der Waals surface area contributed by atoms with Gasteiger partial charge in [-0.1, -0.05) is 11.6 Å². The molecular weight excluding hydrogens is 260 g/mol. The van der Waals surface area contributed by atoms with Gasteiger partial charge in [0.05, 0.1) is 5.02 Å². The van der Waals surface area contributed by atoms with Crippen molar-refractivity contribution in [3.05, 3.63) is 58.6 Å². The molecule has 2 N–H and O–H groups in total. The number of ether oxygens (including phenoxy) is 1. The lowest BCUT2D eigenvalue weighted by Gasteiger charge is -2.07. The summed E-state index contributed by atoms with van der Waals surface area (Å²) in [5.74, 6) is -0.677. The molecule has 18 heavy (non-hydrogen) atoms. The average Bonchev–Trinajstić information content (AvgIpc) is 2.29. The van der Waals surface area contributed by atoms with Gasteiger partial charge in [-0.25, -0.2) is 8.78 Å². The summed E-state index contributed by atoms with van der Waals surface area (Å²) in [4.78, 5) is 0. The standard InChI is InChI=1S/C13H10ClF2NO/c14-12-2-1-11(6-13(12)16)18-7-8-3-9(15)5-10(17)4-8/h1-6H,7,17H2. The molecule has 0 aliphatic carbocycles. The van der Waals surface area contributed by atoms with Crippen LogP contribution >= 0.6 is 11.6 Å². The van der Waals surface area contributed by atoms with Crippen molar-refractivity contribution in [3.63, 3.8) is 0 Å². The van der Waals surface area contributed by atoms with Crippen molar-refractivity contribution in [3.8, 4) is 5.75 Å². The quantitative estimate of drug-likeness (QED) is 0.861. The van der Waals surface area contributed by atoms with Crippen molar-refractivity contribution in [1.29, 1.82) is 0 Å². The molecule has 0 fully saturated rings. The Balaban J connectivity index is 2.08. The Kier molecular flexibility index (Phi) is 3.67. The molecule has 2 aromatic carbocycles. The van der Waals surface area contributed by atoms with Gasteiger partial charge in [0.1, 0.15) is 24.0 Å². The first kappa shape index (κ1) is 12.6. The van der Waals surface area contributed by atoms with E-state index in [9.17, 15) is 8.78 Å². The highest BCUT2D eigenvalue weighted by molar-refractivity contribution is 6.30. The fourth-order valence-corrected chi connectivity index (χ4v) is 1.61. The normalized spacial score (nSPS) is 10.4. The van der Waals surface area contributed by atoms with Crippen LogP contribution in [-0.4, -0.2) is 0 Å². The molecule has 0 heterocycles. The van der Waals surface area contributed by atoms with E-state index in [-0.39, 0.29) is 11.6 Å². The number of benzene rings is 2. The van der Waals surface area contributed by atoms with Gasteiger partial charge in [0.15, 0.2) is 0 Å². The van der Waals surface area contributed by atoms with Gasteiger partial charge in [-0.3, -0.25) is 0 Å². The number of halogens is 3. The molecule has 0 saturated heterocycles. The van der Waals surface area contributed by atoms with E-state index in [0.29, 0.717) is 17.0 Å². The summed E-state index contributed by atoms with van der Waals surface area (Å²) in [5.41, 5.74) is 6.39. The van der Waals surface area contributed by atoms with Gasteiger partial charge in [0.2, 0.25) is 0 Å². The molecule has 0 radical (unpaired) electrons. The van der Waals surface area contributed by atoms with E-state index in [4.69, 9.17) is 22.1 Å². The monoisotopic (exact) mass is 269 g/mol. The zero-order valence-electron chi connectivity index (χ0n) is 9.29. The van der Waals surface area contributed by atoms with E-state index in [1.807, 2.05) is 0 Å². The van der Waals surface area contributed by atoms with Crippen molar-refractivity contribution in [2.45, 2.75) is 6.61 Å². The van der Waals surface area contributed by atoms with Gasteiger partial charge >= 0.3 is 0 Å². The minimum absolute atomic E-state index is 0.0253. The maximum absolute atomic E-state index is 13.1. The molecule has 0 aromatic heterocycles. The van der Waals surface area contributed by atoms with Crippen LogP contribution in [0.1, 0.15) is 5.56 Å². The van der Waals surface area contributed by atoms with E-state index < -0.39 is 11.6 Å². The Labute approximate surface area is 108 Å². The lowest BCUT2D eigenvalue weighted by Crippen LogP contribution is -1.98. The van der Waals surface area contributed by atoms with Gasteiger partial charge in [-0.05, 0) is 35.9 Å². The van der Waals surface area contributed by atoms with Gasteiger partial charge in [0.25, 0.3) is 0 Å². The summed E-state index contributed by atoms with van der Waals surface area (Å²) < 4.78 is 31.5. The van der Waals surface area contributed by atoms with Gasteiger partial charge < -0.3 is 10.5 Å². The topological polar surface area (TPSA) is 35.2 Å². The zero-order chi connectivity index (χ0) is 13.1. The van der Waals surface area contributed by atoms with Gasteiger partial charge in [0, 0.05) is 11.8 Å². The van der Waals surface area contributed by atoms with Crippen molar-refractivity contribution in [2.75, 3.05) is 5.73 Å². The predicted octanol–water partition coefficient (Wildman–Crippen LogP) is 3.78. The van der Waals surface area contributed by atoms with Gasteiger partial charge in [-0.15, -0.1) is 0 Å². The Morgan fingerprint density at radius 2 is 1.89 bits per heavy atom. The molecule has 0 aliphatic heterocycles. The highest BCUT2D eigenvalue weighted by Crippen LogP contribution is 2.21. The molecule has 2 nitrogen and oxygen atoms in total. The highest BCUT2D eigenvalue weighted by Gasteiger charge is 2.03. The molecule has 2 aromatic rings. The Morgan fingerprint density at radius 1 is 1.11 bits per heavy atom. The Hall–Kier alpha value is -1.81. The number of hydrogen-bond donors (Lipinski definition) is 1. The molecule has 94 valence electrons. The molecule has 5 heteroatoms. The van der Waals surface area contributed by atoms with E-state index in [2.05, 4.69) is 0 Å². The van der Waals surface area contributed by atoms with Crippen molar-refractivity contribution < 1.29 is 13.5 Å². The van der Waals surface area contributed by atoms with Crippen LogP contribution in [0.15, 0.2) is 36.4 Å². The van der Waals surface area contributed by atoms with E-state index in [0.717, 1.165) is 0 Å². The average molecular weight is 270 g/mol. The summed E-state index contributed by atoms with van der Waals surface area (Å²) in [5, 5.41) is 0.0253. The number of nitrogens with two attached hydrogens (primary N) is 1. The fourth-order valence-electron chi connectivity index (χ4n) is 1.49. The second kappa shape index (κ2) is 5.23. The SMILES string of the molecule is Nc1cc(F)cc(COc2ccc(Cl)c(F)c2)c1. The zero-order valence-corrected chi connectivity index (χ0v) is 10.0. The highest BCUT2D eigenvalue weighted by atomic mass is 35.5. The Bertz CT molecular complexity index is 555. The van der Waals surface area contributed by atoms with Crippen molar-refractivity contribution >= 4 is 17.3 Å². The Morgan fingerprint density at radius 3 is 2.56 bits per heavy atom. The number of rotatable bonds is 3. The van der Waals surface area contributed by atoms with Crippen LogP contribution in [0.3, 0.4) is 0 Å². The molecule has 0 atom stereocenters. The summed E-state index contributed by atoms with van der Waals surface area (Å²) in [6.07, 6.45) is 0. The maximum atomic E-state index is 13.1. The van der Waals surface area contributed by atoms with Crippen molar-refractivity contribution in [2.24, 2.45) is 0 Å². The molecule has 0 bridgehead atoms. The molecule has 2 rings (SSSR count). The number of anilines is 1. The molecule has 0 amide bonds. The molecule has 0 spiro atoms. The third-order valence-corrected chi connectivity index (χ3v) is 2.58. The van der Waals surface area contributed by atoms with Crippen LogP contribution in [0.2, 0.25) is 5.02 Å². The second-order valence-corrected chi connectivity index (χ2v) is 4.16.